The largest absolute Gasteiger partial charge is 0.485 e. The van der Waals surface area contributed by atoms with Crippen LogP contribution in [-0.2, 0) is 0 Å². The third kappa shape index (κ3) is 1.95. The number of ether oxygens (including phenoxy) is 2. The Morgan fingerprint density at radius 3 is 2.63 bits per heavy atom. The highest BCUT2D eigenvalue weighted by atomic mass is 79.9. The molecule has 98 valence electrons. The molecular weight excluding hydrogens is 316 g/mol. The second-order valence-corrected chi connectivity index (χ2v) is 4.76. The van der Waals surface area contributed by atoms with Crippen molar-refractivity contribution in [3.8, 4) is 22.8 Å². The average Bonchev–Trinajstić information content (AvgIpc) is 2.84. The van der Waals surface area contributed by atoms with Crippen molar-refractivity contribution in [1.82, 2.24) is 5.16 Å². The number of nitrogens with two attached hydrogens (primary N) is 1. The van der Waals surface area contributed by atoms with E-state index in [1.165, 1.54) is 0 Å². The zero-order valence-corrected chi connectivity index (χ0v) is 11.3. The van der Waals surface area contributed by atoms with Gasteiger partial charge < -0.3 is 19.7 Å². The number of carbonyl (C=O) groups is 1. The quantitative estimate of drug-likeness (QED) is 0.852. The monoisotopic (exact) mass is 324 g/mol. The van der Waals surface area contributed by atoms with E-state index in [-0.39, 0.29) is 5.88 Å². The van der Waals surface area contributed by atoms with Crippen LogP contribution >= 0.6 is 15.9 Å². The Labute approximate surface area is 116 Å². The number of halogens is 1. The van der Waals surface area contributed by atoms with Crippen molar-refractivity contribution in [2.24, 2.45) is 0 Å². The van der Waals surface area contributed by atoms with E-state index in [0.717, 1.165) is 6.29 Å². The fourth-order valence-corrected chi connectivity index (χ4v) is 2.42. The summed E-state index contributed by atoms with van der Waals surface area (Å²) in [6.07, 6.45) is 0.721. The van der Waals surface area contributed by atoms with Crippen LogP contribution in [0.2, 0.25) is 0 Å². The molecule has 0 aliphatic carbocycles. The number of nitrogens with zero attached hydrogens (tertiary/aromatic N) is 1. The summed E-state index contributed by atoms with van der Waals surface area (Å²) in [5.41, 5.74) is 7.11. The Hall–Kier alpha value is -2.02. The molecule has 6 nitrogen and oxygen atoms in total. The van der Waals surface area contributed by atoms with Crippen LogP contribution in [-0.4, -0.2) is 24.7 Å². The second kappa shape index (κ2) is 4.58. The fourth-order valence-electron chi connectivity index (χ4n) is 1.91. The highest BCUT2D eigenvalue weighted by Gasteiger charge is 2.24. The van der Waals surface area contributed by atoms with Crippen molar-refractivity contribution in [3.05, 3.63) is 22.2 Å². The van der Waals surface area contributed by atoms with Gasteiger partial charge >= 0.3 is 0 Å². The predicted molar refractivity (Wildman–Crippen MR) is 70.4 cm³/mol. The number of carbonyl (C=O) groups excluding carboxylic acids is 1. The van der Waals surface area contributed by atoms with Gasteiger partial charge in [0.25, 0.3) is 0 Å². The van der Waals surface area contributed by atoms with Crippen molar-refractivity contribution < 1.29 is 18.8 Å². The lowest BCUT2D eigenvalue weighted by molar-refractivity contribution is 0.111. The Morgan fingerprint density at radius 1 is 1.26 bits per heavy atom. The maximum absolute atomic E-state index is 11.1. The van der Waals surface area contributed by atoms with Gasteiger partial charge in [-0.25, -0.2) is 0 Å². The fraction of sp³-hybridized carbons (Fsp3) is 0.167. The van der Waals surface area contributed by atoms with Crippen LogP contribution in [0.4, 0.5) is 5.88 Å². The maximum atomic E-state index is 11.1. The zero-order valence-electron chi connectivity index (χ0n) is 9.68. The molecule has 0 unspecified atom stereocenters. The van der Waals surface area contributed by atoms with E-state index < -0.39 is 0 Å². The number of rotatable bonds is 2. The van der Waals surface area contributed by atoms with Crippen molar-refractivity contribution >= 4 is 28.1 Å². The van der Waals surface area contributed by atoms with Crippen molar-refractivity contribution in [3.63, 3.8) is 0 Å². The van der Waals surface area contributed by atoms with E-state index >= 15 is 0 Å². The van der Waals surface area contributed by atoms with Gasteiger partial charge in [0.15, 0.2) is 17.8 Å². The third-order valence-corrected chi connectivity index (χ3v) is 3.38. The Morgan fingerprint density at radius 2 is 2.00 bits per heavy atom. The molecule has 19 heavy (non-hydrogen) atoms. The van der Waals surface area contributed by atoms with Crippen LogP contribution in [0.1, 0.15) is 10.4 Å². The number of benzene rings is 1. The Kier molecular flexibility index (Phi) is 2.90. The summed E-state index contributed by atoms with van der Waals surface area (Å²) in [6, 6.07) is 3.31. The highest BCUT2D eigenvalue weighted by molar-refractivity contribution is 9.10. The van der Waals surface area contributed by atoms with E-state index in [1.807, 2.05) is 0 Å². The van der Waals surface area contributed by atoms with E-state index in [9.17, 15) is 4.79 Å². The van der Waals surface area contributed by atoms with Crippen LogP contribution in [0.3, 0.4) is 0 Å². The molecule has 0 atom stereocenters. The number of hydrogen-bond donors (Lipinski definition) is 1. The molecule has 2 aromatic rings. The first-order chi connectivity index (χ1) is 9.20. The summed E-state index contributed by atoms with van der Waals surface area (Å²) in [7, 11) is 0. The van der Waals surface area contributed by atoms with Gasteiger partial charge in [-0.3, -0.25) is 4.79 Å². The number of nitrogen functional groups attached to an aromatic ring is 1. The molecule has 0 saturated carbocycles. The van der Waals surface area contributed by atoms with Gasteiger partial charge in [0, 0.05) is 10.5 Å². The number of aromatic nitrogens is 1. The summed E-state index contributed by atoms with van der Waals surface area (Å²) < 4.78 is 16.6. The first-order valence-corrected chi connectivity index (χ1v) is 6.30. The zero-order chi connectivity index (χ0) is 13.4. The maximum Gasteiger partial charge on any atom is 0.222 e. The van der Waals surface area contributed by atoms with Gasteiger partial charge in [0.2, 0.25) is 5.88 Å². The summed E-state index contributed by atoms with van der Waals surface area (Å²) >= 11 is 3.33. The Balaban J connectivity index is 2.25. The van der Waals surface area contributed by atoms with Crippen molar-refractivity contribution in [1.29, 1.82) is 0 Å². The summed E-state index contributed by atoms with van der Waals surface area (Å²) in [5.74, 6) is 1.09. The first kappa shape index (κ1) is 12.0. The lowest BCUT2D eigenvalue weighted by Crippen LogP contribution is -2.17. The minimum absolute atomic E-state index is 0.205. The van der Waals surface area contributed by atoms with Crippen LogP contribution in [0.15, 0.2) is 21.1 Å². The van der Waals surface area contributed by atoms with Gasteiger partial charge in [-0.05, 0) is 22.0 Å². The minimum Gasteiger partial charge on any atom is -0.485 e. The molecule has 1 aliphatic rings. The molecule has 7 heteroatoms. The van der Waals surface area contributed by atoms with Gasteiger partial charge in [-0.2, -0.15) is 0 Å². The van der Waals surface area contributed by atoms with Gasteiger partial charge in [0.1, 0.15) is 18.9 Å². The van der Waals surface area contributed by atoms with E-state index in [0.29, 0.717) is 46.0 Å². The molecule has 0 fully saturated rings. The lowest BCUT2D eigenvalue weighted by Gasteiger charge is -2.22. The van der Waals surface area contributed by atoms with E-state index in [2.05, 4.69) is 21.1 Å². The highest BCUT2D eigenvalue weighted by Crippen LogP contribution is 2.45. The summed E-state index contributed by atoms with van der Waals surface area (Å²) in [4.78, 5) is 11.1. The molecule has 1 aliphatic heterocycles. The number of hydrogen-bond acceptors (Lipinski definition) is 6. The van der Waals surface area contributed by atoms with Gasteiger partial charge in [0.05, 0.1) is 11.1 Å². The van der Waals surface area contributed by atoms with Gasteiger partial charge in [-0.1, -0.05) is 5.16 Å². The Bertz CT molecular complexity index is 653. The molecule has 3 rings (SSSR count). The number of aldehydes is 1. The standard InChI is InChI=1S/C12H9BrN2O4/c13-8-3-6(9-4-10(14)19-15-9)11-12(7(8)5-16)18-2-1-17-11/h3-5H,1-2,14H2. The molecule has 1 aromatic heterocycles. The normalized spacial score (nSPS) is 13.3. The molecule has 0 spiro atoms. The molecule has 2 heterocycles. The molecule has 0 amide bonds. The third-order valence-electron chi connectivity index (χ3n) is 2.72. The van der Waals surface area contributed by atoms with E-state index in [4.69, 9.17) is 19.7 Å². The lowest BCUT2D eigenvalue weighted by atomic mass is 10.1. The first-order valence-electron chi connectivity index (χ1n) is 5.50. The molecule has 0 radical (unpaired) electrons. The molecule has 1 aromatic carbocycles. The van der Waals surface area contributed by atoms with Crippen LogP contribution in [0.25, 0.3) is 11.3 Å². The van der Waals surface area contributed by atoms with Gasteiger partial charge in [-0.15, -0.1) is 0 Å². The van der Waals surface area contributed by atoms with E-state index in [1.54, 1.807) is 12.1 Å². The van der Waals surface area contributed by atoms with Crippen molar-refractivity contribution in [2.75, 3.05) is 18.9 Å². The number of fused-ring (bicyclic) bond motifs is 1. The summed E-state index contributed by atoms with van der Waals surface area (Å²) in [6.45, 7) is 0.804. The van der Waals surface area contributed by atoms with Crippen LogP contribution in [0, 0.1) is 0 Å². The molecule has 2 N–H and O–H groups in total. The van der Waals surface area contributed by atoms with Crippen molar-refractivity contribution in [2.45, 2.75) is 0 Å². The SMILES string of the molecule is Nc1cc(-c2cc(Br)c(C=O)c3c2OCCO3)no1. The topological polar surface area (TPSA) is 87.6 Å². The predicted octanol–water partition coefficient (Wildman–Crippen LogP) is 2.27. The molecule has 0 bridgehead atoms. The summed E-state index contributed by atoms with van der Waals surface area (Å²) in [5, 5.41) is 3.85. The number of anilines is 1. The second-order valence-electron chi connectivity index (χ2n) is 3.91. The minimum atomic E-state index is 0.205. The smallest absolute Gasteiger partial charge is 0.222 e. The van der Waals surface area contributed by atoms with Crippen LogP contribution in [0.5, 0.6) is 11.5 Å². The van der Waals surface area contributed by atoms with Crippen LogP contribution < -0.4 is 15.2 Å². The molecular formula is C12H9BrN2O4. The molecule has 0 saturated heterocycles. The average molecular weight is 325 g/mol.